The fourth-order valence-electron chi connectivity index (χ4n) is 1.63. The molecule has 0 radical (unpaired) electrons. The van der Waals surface area contributed by atoms with Crippen molar-refractivity contribution in [1.29, 1.82) is 0 Å². The first kappa shape index (κ1) is 12.9. The first-order valence-corrected chi connectivity index (χ1v) is 7.72. The van der Waals surface area contributed by atoms with Crippen LogP contribution in [0.5, 0.6) is 0 Å². The number of thiazole rings is 1. The number of amidine groups is 1. The van der Waals surface area contributed by atoms with Gasteiger partial charge in [-0.05, 0) is 27.2 Å². The standard InChI is InChI=1S/C12H19N3S2/c1-5-12(4)8-17-10(15-12)14-11(2,3)9-13-6-7-16-9/h6-7H,5,8H2,1-4H3,(H,14,15). The Balaban J connectivity index is 2.10. The van der Waals surface area contributed by atoms with Crippen molar-refractivity contribution in [3.63, 3.8) is 0 Å². The van der Waals surface area contributed by atoms with Gasteiger partial charge in [0.1, 0.15) is 5.01 Å². The Labute approximate surface area is 111 Å². The fourth-order valence-corrected chi connectivity index (χ4v) is 3.68. The van der Waals surface area contributed by atoms with Gasteiger partial charge in [-0.1, -0.05) is 18.7 Å². The monoisotopic (exact) mass is 269 g/mol. The maximum atomic E-state index is 4.78. The molecule has 0 saturated heterocycles. The first-order valence-electron chi connectivity index (χ1n) is 5.86. The van der Waals surface area contributed by atoms with E-state index in [-0.39, 0.29) is 11.1 Å². The molecular weight excluding hydrogens is 250 g/mol. The first-order chi connectivity index (χ1) is 7.95. The van der Waals surface area contributed by atoms with Gasteiger partial charge in [0.25, 0.3) is 0 Å². The Kier molecular flexibility index (Phi) is 3.50. The molecule has 1 N–H and O–H groups in total. The number of aliphatic imine (C=N–C) groups is 1. The second-order valence-corrected chi connectivity index (χ2v) is 7.00. The summed E-state index contributed by atoms with van der Waals surface area (Å²) >= 11 is 3.49. The fraction of sp³-hybridized carbons (Fsp3) is 0.667. The van der Waals surface area contributed by atoms with Crippen LogP contribution in [0, 0.1) is 0 Å². The van der Waals surface area contributed by atoms with Crippen molar-refractivity contribution < 1.29 is 0 Å². The van der Waals surface area contributed by atoms with E-state index >= 15 is 0 Å². The van der Waals surface area contributed by atoms with Crippen LogP contribution in [0.3, 0.4) is 0 Å². The molecule has 0 fully saturated rings. The van der Waals surface area contributed by atoms with Crippen LogP contribution in [0.4, 0.5) is 0 Å². The highest BCUT2D eigenvalue weighted by atomic mass is 32.2. The van der Waals surface area contributed by atoms with Crippen LogP contribution in [-0.2, 0) is 5.54 Å². The number of nitrogens with zero attached hydrogens (tertiary/aromatic N) is 2. The summed E-state index contributed by atoms with van der Waals surface area (Å²) in [7, 11) is 0. The summed E-state index contributed by atoms with van der Waals surface area (Å²) in [6, 6.07) is 0. The lowest BCUT2D eigenvalue weighted by atomic mass is 10.0. The third kappa shape index (κ3) is 2.83. The van der Waals surface area contributed by atoms with Crippen molar-refractivity contribution in [3.05, 3.63) is 16.6 Å². The molecule has 0 bridgehead atoms. The molecule has 0 saturated carbocycles. The molecule has 1 aromatic rings. The molecule has 1 atom stereocenters. The zero-order chi connectivity index (χ0) is 12.5. The highest BCUT2D eigenvalue weighted by Gasteiger charge is 2.32. The summed E-state index contributed by atoms with van der Waals surface area (Å²) in [5.74, 6) is 1.07. The smallest absolute Gasteiger partial charge is 0.157 e. The number of rotatable bonds is 3. The van der Waals surface area contributed by atoms with E-state index in [4.69, 9.17) is 4.99 Å². The number of aromatic nitrogens is 1. The van der Waals surface area contributed by atoms with E-state index in [1.165, 1.54) is 0 Å². The molecule has 1 aliphatic heterocycles. The molecule has 94 valence electrons. The van der Waals surface area contributed by atoms with Crippen LogP contribution < -0.4 is 5.32 Å². The molecule has 1 aliphatic rings. The van der Waals surface area contributed by atoms with Crippen LogP contribution >= 0.6 is 23.1 Å². The predicted octanol–water partition coefficient (Wildman–Crippen LogP) is 3.24. The van der Waals surface area contributed by atoms with E-state index in [0.717, 1.165) is 22.3 Å². The topological polar surface area (TPSA) is 37.3 Å². The van der Waals surface area contributed by atoms with Gasteiger partial charge in [-0.25, -0.2) is 4.98 Å². The van der Waals surface area contributed by atoms with E-state index in [1.54, 1.807) is 11.3 Å². The minimum absolute atomic E-state index is 0.103. The Hall–Kier alpha value is -0.550. The van der Waals surface area contributed by atoms with Gasteiger partial charge < -0.3 is 5.32 Å². The molecule has 0 aliphatic carbocycles. The van der Waals surface area contributed by atoms with Crippen molar-refractivity contribution in [3.8, 4) is 0 Å². The van der Waals surface area contributed by atoms with Gasteiger partial charge in [0.05, 0.1) is 11.1 Å². The summed E-state index contributed by atoms with van der Waals surface area (Å²) in [4.78, 5) is 9.16. The molecule has 0 spiro atoms. The SMILES string of the molecule is CCC1(C)CSC(NC(C)(C)c2nccs2)=N1. The van der Waals surface area contributed by atoms with Crippen LogP contribution in [0.15, 0.2) is 16.6 Å². The summed E-state index contributed by atoms with van der Waals surface area (Å²) in [6.45, 7) is 8.71. The van der Waals surface area contributed by atoms with Gasteiger partial charge in [0.2, 0.25) is 0 Å². The maximum Gasteiger partial charge on any atom is 0.157 e. The van der Waals surface area contributed by atoms with E-state index in [9.17, 15) is 0 Å². The molecule has 2 heterocycles. The van der Waals surface area contributed by atoms with Crippen LogP contribution in [0.25, 0.3) is 0 Å². The van der Waals surface area contributed by atoms with Crippen molar-refractivity contribution in [2.75, 3.05) is 5.75 Å². The number of thioether (sulfide) groups is 1. The van der Waals surface area contributed by atoms with E-state index in [0.29, 0.717) is 0 Å². The lowest BCUT2D eigenvalue weighted by Crippen LogP contribution is -2.39. The largest absolute Gasteiger partial charge is 0.354 e. The molecule has 1 aromatic heterocycles. The number of nitrogens with one attached hydrogen (secondary N) is 1. The third-order valence-corrected chi connectivity index (χ3v) is 5.37. The highest BCUT2D eigenvalue weighted by Crippen LogP contribution is 2.31. The third-order valence-electron chi connectivity index (χ3n) is 3.04. The van der Waals surface area contributed by atoms with Gasteiger partial charge in [0.15, 0.2) is 5.17 Å². The summed E-state index contributed by atoms with van der Waals surface area (Å²) in [5.41, 5.74) is -0.0368. The van der Waals surface area contributed by atoms with E-state index in [2.05, 4.69) is 38.0 Å². The number of hydrogen-bond acceptors (Lipinski definition) is 5. The molecule has 1 unspecified atom stereocenters. The molecule has 0 aromatic carbocycles. The molecular formula is C12H19N3S2. The summed E-state index contributed by atoms with van der Waals surface area (Å²) in [6.07, 6.45) is 2.94. The maximum absolute atomic E-state index is 4.78. The van der Waals surface area contributed by atoms with Crippen molar-refractivity contribution in [2.24, 2.45) is 4.99 Å². The van der Waals surface area contributed by atoms with Crippen molar-refractivity contribution >= 4 is 28.3 Å². The Morgan fingerprint density at radius 2 is 2.29 bits per heavy atom. The van der Waals surface area contributed by atoms with Crippen molar-refractivity contribution in [2.45, 2.75) is 45.2 Å². The zero-order valence-electron chi connectivity index (χ0n) is 10.8. The normalized spacial score (nSPS) is 24.8. The van der Waals surface area contributed by atoms with Crippen molar-refractivity contribution in [1.82, 2.24) is 10.3 Å². The molecule has 5 heteroatoms. The Morgan fingerprint density at radius 3 is 2.82 bits per heavy atom. The van der Waals surface area contributed by atoms with Crippen LogP contribution in [0.1, 0.15) is 39.1 Å². The highest BCUT2D eigenvalue weighted by molar-refractivity contribution is 8.14. The zero-order valence-corrected chi connectivity index (χ0v) is 12.4. The van der Waals surface area contributed by atoms with Gasteiger partial charge in [-0.3, -0.25) is 4.99 Å². The second kappa shape index (κ2) is 4.61. The minimum Gasteiger partial charge on any atom is -0.354 e. The van der Waals surface area contributed by atoms with Gasteiger partial charge in [-0.2, -0.15) is 0 Å². The molecule has 0 amide bonds. The average Bonchev–Trinajstić information content (AvgIpc) is 2.88. The van der Waals surface area contributed by atoms with Gasteiger partial charge >= 0.3 is 0 Å². The van der Waals surface area contributed by atoms with Crippen LogP contribution in [0.2, 0.25) is 0 Å². The van der Waals surface area contributed by atoms with Gasteiger partial charge in [-0.15, -0.1) is 11.3 Å². The second-order valence-electron chi connectivity index (χ2n) is 5.14. The Morgan fingerprint density at radius 1 is 1.53 bits per heavy atom. The predicted molar refractivity (Wildman–Crippen MR) is 76.9 cm³/mol. The van der Waals surface area contributed by atoms with E-state index in [1.807, 2.05) is 23.3 Å². The lowest BCUT2D eigenvalue weighted by Gasteiger charge is -2.24. The Bertz CT molecular complexity index is 411. The molecule has 3 nitrogen and oxygen atoms in total. The average molecular weight is 269 g/mol. The summed E-state index contributed by atoms with van der Waals surface area (Å²) in [5, 5.41) is 7.67. The quantitative estimate of drug-likeness (QED) is 0.915. The summed E-state index contributed by atoms with van der Waals surface area (Å²) < 4.78 is 0. The lowest BCUT2D eigenvalue weighted by molar-refractivity contribution is 0.477. The molecule has 2 rings (SSSR count). The van der Waals surface area contributed by atoms with Crippen LogP contribution in [-0.4, -0.2) is 21.4 Å². The minimum atomic E-state index is -0.140. The molecule has 17 heavy (non-hydrogen) atoms. The van der Waals surface area contributed by atoms with Gasteiger partial charge in [0, 0.05) is 17.3 Å². The number of hydrogen-bond donors (Lipinski definition) is 1. The van der Waals surface area contributed by atoms with E-state index < -0.39 is 0 Å².